The third-order valence-corrected chi connectivity index (χ3v) is 8.32. The first-order valence-corrected chi connectivity index (χ1v) is 12.9. The van der Waals surface area contributed by atoms with E-state index in [1.807, 2.05) is 0 Å². The van der Waals surface area contributed by atoms with Crippen molar-refractivity contribution in [3.63, 3.8) is 0 Å². The van der Waals surface area contributed by atoms with Gasteiger partial charge in [-0.25, -0.2) is 0 Å². The number of nitrogens with one attached hydrogen (secondary N) is 1. The van der Waals surface area contributed by atoms with Crippen molar-refractivity contribution >= 4 is 86.4 Å². The number of hydrogen-bond donors (Lipinski definition) is 1. The number of benzene rings is 8. The molecule has 0 aliphatic rings. The fourth-order valence-electron chi connectivity index (χ4n) is 6.86. The Morgan fingerprint density at radius 1 is 0.270 bits per heavy atom. The molecule has 1 heterocycles. The predicted molar refractivity (Wildman–Crippen MR) is 161 cm³/mol. The molecule has 0 saturated carbocycles. The zero-order valence-electron chi connectivity index (χ0n) is 20.0. The Hall–Kier alpha value is -4.88. The molecule has 37 heavy (non-hydrogen) atoms. The first-order chi connectivity index (χ1) is 18.4. The minimum absolute atomic E-state index is 1.18. The summed E-state index contributed by atoms with van der Waals surface area (Å²) in [5.74, 6) is 0. The minimum atomic E-state index is 1.18. The van der Waals surface area contributed by atoms with Gasteiger partial charge >= 0.3 is 0 Å². The second-order valence-electron chi connectivity index (χ2n) is 10.1. The maximum Gasteiger partial charge on any atom is 0.0471 e. The van der Waals surface area contributed by atoms with E-state index in [4.69, 9.17) is 0 Å². The lowest BCUT2D eigenvalue weighted by Crippen LogP contribution is -1.90. The summed E-state index contributed by atoms with van der Waals surface area (Å²) in [7, 11) is 0. The molecule has 9 rings (SSSR count). The molecule has 9 aromatic rings. The van der Waals surface area contributed by atoms with E-state index in [0.29, 0.717) is 0 Å². The van der Waals surface area contributed by atoms with E-state index in [2.05, 4.69) is 126 Å². The van der Waals surface area contributed by atoms with Crippen LogP contribution in [0.25, 0.3) is 86.4 Å². The molecule has 0 radical (unpaired) electrons. The van der Waals surface area contributed by atoms with Crippen LogP contribution in [0.1, 0.15) is 0 Å². The maximum absolute atomic E-state index is 3.67. The highest BCUT2D eigenvalue weighted by Gasteiger charge is 2.19. The second kappa shape index (κ2) is 6.87. The Bertz CT molecular complexity index is 2410. The molecule has 1 aromatic heterocycles. The summed E-state index contributed by atoms with van der Waals surface area (Å²) in [5.41, 5.74) is 2.37. The maximum atomic E-state index is 3.67. The summed E-state index contributed by atoms with van der Waals surface area (Å²) in [4.78, 5) is 3.67. The molecule has 0 aliphatic carbocycles. The van der Waals surface area contributed by atoms with Crippen molar-refractivity contribution in [3.05, 3.63) is 121 Å². The van der Waals surface area contributed by atoms with Gasteiger partial charge in [0.05, 0.1) is 0 Å². The third kappa shape index (κ3) is 2.39. The topological polar surface area (TPSA) is 15.8 Å². The van der Waals surface area contributed by atoms with Crippen molar-refractivity contribution in [2.24, 2.45) is 0 Å². The number of aromatic nitrogens is 1. The highest BCUT2D eigenvalue weighted by Crippen LogP contribution is 2.47. The van der Waals surface area contributed by atoms with Crippen LogP contribution < -0.4 is 0 Å². The second-order valence-corrected chi connectivity index (χ2v) is 10.1. The van der Waals surface area contributed by atoms with Crippen LogP contribution in [0, 0.1) is 0 Å². The van der Waals surface area contributed by atoms with E-state index in [-0.39, 0.29) is 0 Å². The first kappa shape index (κ1) is 19.3. The van der Waals surface area contributed by atoms with Gasteiger partial charge < -0.3 is 4.98 Å². The average molecular weight is 468 g/mol. The molecule has 1 heteroatoms. The van der Waals surface area contributed by atoms with Crippen LogP contribution in [0.15, 0.2) is 121 Å². The van der Waals surface area contributed by atoms with Gasteiger partial charge in [0.2, 0.25) is 0 Å². The van der Waals surface area contributed by atoms with Crippen LogP contribution in [-0.4, -0.2) is 4.98 Å². The van der Waals surface area contributed by atoms with Gasteiger partial charge in [0, 0.05) is 27.2 Å². The zero-order valence-corrected chi connectivity index (χ0v) is 20.0. The van der Waals surface area contributed by atoms with Crippen molar-refractivity contribution in [1.29, 1.82) is 0 Å². The van der Waals surface area contributed by atoms with Crippen LogP contribution in [0.4, 0.5) is 0 Å². The van der Waals surface area contributed by atoms with Gasteiger partial charge in [0.25, 0.3) is 0 Å². The van der Waals surface area contributed by atoms with Crippen molar-refractivity contribution in [1.82, 2.24) is 4.98 Å². The Balaban J connectivity index is 1.73. The summed E-state index contributed by atoms with van der Waals surface area (Å²) >= 11 is 0. The molecule has 0 bridgehead atoms. The highest BCUT2D eigenvalue weighted by molar-refractivity contribution is 6.45. The summed E-state index contributed by atoms with van der Waals surface area (Å²) in [6, 6.07) is 44.7. The Morgan fingerprint density at radius 3 is 1.59 bits per heavy atom. The van der Waals surface area contributed by atoms with Crippen molar-refractivity contribution in [2.45, 2.75) is 0 Å². The van der Waals surface area contributed by atoms with Gasteiger partial charge in [-0.2, -0.15) is 0 Å². The van der Waals surface area contributed by atoms with Gasteiger partial charge in [-0.15, -0.1) is 0 Å². The Kier molecular flexibility index (Phi) is 3.59. The van der Waals surface area contributed by atoms with Gasteiger partial charge in [0.1, 0.15) is 0 Å². The van der Waals surface area contributed by atoms with E-state index in [1.165, 1.54) is 86.4 Å². The SMILES string of the molecule is c1ccc2c(c1)ccc1c3ccccc3c3c4ccc5[nH]c6ccccc6c5c4c4ccccc4c3c21. The number of para-hydroxylation sites is 1. The van der Waals surface area contributed by atoms with Gasteiger partial charge in [0.15, 0.2) is 0 Å². The smallest absolute Gasteiger partial charge is 0.0471 e. The number of H-pyrrole nitrogens is 1. The van der Waals surface area contributed by atoms with Crippen LogP contribution in [0.2, 0.25) is 0 Å². The van der Waals surface area contributed by atoms with Crippen LogP contribution >= 0.6 is 0 Å². The first-order valence-electron chi connectivity index (χ1n) is 12.9. The number of rotatable bonds is 0. The molecule has 0 spiro atoms. The van der Waals surface area contributed by atoms with E-state index < -0.39 is 0 Å². The molecular formula is C36H21N. The number of fused-ring (bicyclic) bond motifs is 17. The quantitative estimate of drug-likeness (QED) is 0.214. The van der Waals surface area contributed by atoms with E-state index in [0.717, 1.165) is 0 Å². The Morgan fingerprint density at radius 2 is 0.784 bits per heavy atom. The molecular weight excluding hydrogens is 446 g/mol. The molecule has 0 atom stereocenters. The van der Waals surface area contributed by atoms with Crippen molar-refractivity contribution in [2.75, 3.05) is 0 Å². The minimum Gasteiger partial charge on any atom is -0.354 e. The highest BCUT2D eigenvalue weighted by atomic mass is 14.7. The third-order valence-electron chi connectivity index (χ3n) is 8.32. The predicted octanol–water partition coefficient (Wildman–Crippen LogP) is 10.2. The molecule has 8 aromatic carbocycles. The van der Waals surface area contributed by atoms with Gasteiger partial charge in [-0.3, -0.25) is 0 Å². The van der Waals surface area contributed by atoms with E-state index >= 15 is 0 Å². The standard InChI is InChI=1S/C36H21N/c1-2-10-22-21(9-1)17-18-27-23-11-3-4-12-24(23)34-29-19-20-31-35(28-15-7-8-16-30(28)37-31)33(29)25-13-5-6-14-26(25)36(34)32(22)27/h1-20,37H. The molecule has 170 valence electrons. The van der Waals surface area contributed by atoms with Crippen LogP contribution in [0.3, 0.4) is 0 Å². The lowest BCUT2D eigenvalue weighted by Gasteiger charge is -2.18. The van der Waals surface area contributed by atoms with E-state index in [9.17, 15) is 0 Å². The van der Waals surface area contributed by atoms with Crippen LogP contribution in [0.5, 0.6) is 0 Å². The number of aromatic amines is 1. The monoisotopic (exact) mass is 467 g/mol. The largest absolute Gasteiger partial charge is 0.354 e. The Labute approximate surface area is 212 Å². The fraction of sp³-hybridized carbons (Fsp3) is 0. The summed E-state index contributed by atoms with van der Waals surface area (Å²) in [6.07, 6.45) is 0. The molecule has 1 N–H and O–H groups in total. The zero-order chi connectivity index (χ0) is 24.1. The lowest BCUT2D eigenvalue weighted by atomic mass is 9.85. The van der Waals surface area contributed by atoms with Gasteiger partial charge in [-0.1, -0.05) is 109 Å². The summed E-state index contributed by atoms with van der Waals surface area (Å²) < 4.78 is 0. The van der Waals surface area contributed by atoms with Crippen molar-refractivity contribution in [3.8, 4) is 0 Å². The fourth-order valence-corrected chi connectivity index (χ4v) is 6.86. The average Bonchev–Trinajstić information content (AvgIpc) is 3.35. The molecule has 0 amide bonds. The molecule has 0 unspecified atom stereocenters. The molecule has 0 fully saturated rings. The molecule has 0 aliphatic heterocycles. The summed E-state index contributed by atoms with van der Waals surface area (Å²) in [6.45, 7) is 0. The van der Waals surface area contributed by atoms with Crippen molar-refractivity contribution < 1.29 is 0 Å². The van der Waals surface area contributed by atoms with Crippen LogP contribution in [-0.2, 0) is 0 Å². The summed E-state index contributed by atoms with van der Waals surface area (Å²) in [5, 5.41) is 18.5. The normalized spacial score (nSPS) is 12.3. The van der Waals surface area contributed by atoms with Gasteiger partial charge in [-0.05, 0) is 71.4 Å². The lowest BCUT2D eigenvalue weighted by molar-refractivity contribution is 1.55. The molecule has 0 saturated heterocycles. The number of hydrogen-bond acceptors (Lipinski definition) is 0. The van der Waals surface area contributed by atoms with E-state index in [1.54, 1.807) is 0 Å². The molecule has 1 nitrogen and oxygen atoms in total.